The van der Waals surface area contributed by atoms with Crippen LogP contribution in [0.1, 0.15) is 31.2 Å². The summed E-state index contributed by atoms with van der Waals surface area (Å²) in [4.78, 5) is 4.77. The summed E-state index contributed by atoms with van der Waals surface area (Å²) in [6.07, 6.45) is 15.7. The summed E-state index contributed by atoms with van der Waals surface area (Å²) in [5.41, 5.74) is 19.9. The molecule has 0 saturated heterocycles. The summed E-state index contributed by atoms with van der Waals surface area (Å²) in [6.45, 7) is 0. The van der Waals surface area contributed by atoms with Crippen molar-refractivity contribution in [2.24, 2.45) is 0 Å². The first-order valence-electron chi connectivity index (χ1n) is 22.8. The van der Waals surface area contributed by atoms with Crippen molar-refractivity contribution in [2.75, 3.05) is 9.80 Å². The number of aromatic nitrogens is 1. The minimum absolute atomic E-state index is 0.982. The summed E-state index contributed by atoms with van der Waals surface area (Å²) in [6, 6.07) is 78.5. The molecule has 65 heavy (non-hydrogen) atoms. The van der Waals surface area contributed by atoms with Crippen LogP contribution >= 0.6 is 0 Å². The number of hydrogen-bond acceptors (Lipinski definition) is 2. The smallest absolute Gasteiger partial charge is 0.0534 e. The van der Waals surface area contributed by atoms with Crippen LogP contribution in [0.4, 0.5) is 28.4 Å². The molecule has 1 heterocycles. The number of benzene rings is 8. The van der Waals surface area contributed by atoms with E-state index in [1.54, 1.807) is 0 Å². The quantitative estimate of drug-likeness (QED) is 0.129. The lowest BCUT2D eigenvalue weighted by Crippen LogP contribution is -2.18. The van der Waals surface area contributed by atoms with Crippen LogP contribution in [0.3, 0.4) is 0 Å². The zero-order valence-corrected chi connectivity index (χ0v) is 36.3. The van der Waals surface area contributed by atoms with E-state index >= 15 is 0 Å². The third kappa shape index (κ3) is 8.17. The van der Waals surface area contributed by atoms with Gasteiger partial charge in [-0.1, -0.05) is 152 Å². The molecule has 0 saturated carbocycles. The minimum Gasteiger partial charge on any atom is -0.317 e. The lowest BCUT2D eigenvalue weighted by atomic mass is 9.86. The Kier molecular flexibility index (Phi) is 10.9. The predicted molar refractivity (Wildman–Crippen MR) is 275 cm³/mol. The summed E-state index contributed by atoms with van der Waals surface area (Å²) in [5.74, 6) is 0. The average molecular weight is 836 g/mol. The molecule has 11 rings (SSSR count). The van der Waals surface area contributed by atoms with Gasteiger partial charge < -0.3 is 14.4 Å². The number of para-hydroxylation sites is 3. The second-order valence-corrected chi connectivity index (χ2v) is 16.8. The second-order valence-electron chi connectivity index (χ2n) is 16.8. The molecular formula is C62H49N3. The van der Waals surface area contributed by atoms with Gasteiger partial charge in [-0.3, -0.25) is 0 Å². The number of nitrogens with zero attached hydrogens (tertiary/aromatic N) is 3. The lowest BCUT2D eigenvalue weighted by Gasteiger charge is -2.30. The molecule has 3 heteroatoms. The lowest BCUT2D eigenvalue weighted by molar-refractivity contribution is 0.854. The molecule has 8 aromatic carbocycles. The molecule has 0 aliphatic heterocycles. The van der Waals surface area contributed by atoms with Crippen molar-refractivity contribution in [1.29, 1.82) is 0 Å². The number of fused-ring (bicyclic) bond motifs is 1. The van der Waals surface area contributed by atoms with Crippen molar-refractivity contribution < 1.29 is 0 Å². The Hall–Kier alpha value is -8.14. The maximum atomic E-state index is 2.42. The van der Waals surface area contributed by atoms with Crippen LogP contribution in [0.25, 0.3) is 44.4 Å². The molecule has 0 radical (unpaired) electrons. The van der Waals surface area contributed by atoms with E-state index in [1.807, 2.05) is 0 Å². The fourth-order valence-corrected chi connectivity index (χ4v) is 9.59. The maximum absolute atomic E-state index is 2.42. The van der Waals surface area contributed by atoms with Gasteiger partial charge in [0, 0.05) is 51.4 Å². The molecule has 9 aromatic rings. The van der Waals surface area contributed by atoms with E-state index in [1.165, 1.54) is 78.2 Å². The molecule has 2 aliphatic carbocycles. The van der Waals surface area contributed by atoms with E-state index < -0.39 is 0 Å². The molecule has 2 aliphatic rings. The van der Waals surface area contributed by atoms with Crippen molar-refractivity contribution in [3.63, 3.8) is 0 Å². The predicted octanol–water partition coefficient (Wildman–Crippen LogP) is 17.0. The Bertz CT molecular complexity index is 3190. The highest BCUT2D eigenvalue weighted by atomic mass is 15.2. The van der Waals surface area contributed by atoms with Gasteiger partial charge in [0.05, 0.1) is 5.52 Å². The van der Waals surface area contributed by atoms with Crippen LogP contribution in [0.5, 0.6) is 0 Å². The van der Waals surface area contributed by atoms with Gasteiger partial charge in [0.25, 0.3) is 0 Å². The van der Waals surface area contributed by atoms with Crippen molar-refractivity contribution in [3.05, 3.63) is 271 Å². The summed E-state index contributed by atoms with van der Waals surface area (Å²) < 4.78 is 2.27. The minimum atomic E-state index is 0.982. The first-order valence-corrected chi connectivity index (χ1v) is 22.8. The number of anilines is 5. The van der Waals surface area contributed by atoms with Gasteiger partial charge >= 0.3 is 0 Å². The highest BCUT2D eigenvalue weighted by molar-refractivity contribution is 5.97. The number of rotatable bonds is 11. The van der Waals surface area contributed by atoms with E-state index in [2.05, 4.69) is 263 Å². The van der Waals surface area contributed by atoms with Gasteiger partial charge in [-0.2, -0.15) is 0 Å². The molecule has 3 nitrogen and oxygen atoms in total. The van der Waals surface area contributed by atoms with E-state index in [0.717, 1.165) is 42.7 Å². The normalized spacial score (nSPS) is 13.7. The molecule has 0 fully saturated rings. The number of hydrogen-bond donors (Lipinski definition) is 0. The molecule has 0 spiro atoms. The van der Waals surface area contributed by atoms with Gasteiger partial charge in [-0.05, 0) is 161 Å². The first kappa shape index (κ1) is 39.7. The van der Waals surface area contributed by atoms with Crippen molar-refractivity contribution in [3.8, 4) is 27.9 Å². The maximum Gasteiger partial charge on any atom is 0.0534 e. The Labute approximate surface area is 382 Å². The van der Waals surface area contributed by atoms with Crippen LogP contribution in [0.2, 0.25) is 0 Å². The molecule has 0 N–H and O–H groups in total. The third-order valence-electron chi connectivity index (χ3n) is 12.9. The zero-order chi connectivity index (χ0) is 43.4. The zero-order valence-electron chi connectivity index (χ0n) is 36.3. The van der Waals surface area contributed by atoms with Gasteiger partial charge in [0.1, 0.15) is 0 Å². The highest BCUT2D eigenvalue weighted by Crippen LogP contribution is 2.41. The fraction of sp³-hybridized carbons (Fsp3) is 0.0645. The molecular weight excluding hydrogens is 787 g/mol. The summed E-state index contributed by atoms with van der Waals surface area (Å²) >= 11 is 0. The third-order valence-corrected chi connectivity index (χ3v) is 12.9. The Balaban J connectivity index is 0.823. The van der Waals surface area contributed by atoms with Crippen molar-refractivity contribution in [2.45, 2.75) is 25.7 Å². The largest absolute Gasteiger partial charge is 0.317 e. The van der Waals surface area contributed by atoms with E-state index in [0.29, 0.717) is 0 Å². The second kappa shape index (κ2) is 17.9. The van der Waals surface area contributed by atoms with Crippen LogP contribution in [-0.4, -0.2) is 4.57 Å². The monoisotopic (exact) mass is 835 g/mol. The highest BCUT2D eigenvalue weighted by Gasteiger charge is 2.21. The Morgan fingerprint density at radius 2 is 0.769 bits per heavy atom. The van der Waals surface area contributed by atoms with Gasteiger partial charge in [0.2, 0.25) is 0 Å². The standard InChI is InChI=1S/C62H49N3/c1-5-14-46(15-6-1)49-28-36-56(37-29-49)64(54-18-9-3-10-19-54)57-38-30-50(31-39-57)47-24-26-48(27-25-47)51-32-40-58(41-33-51)65(55-20-11-4-12-21-55)59-42-34-52(35-43-59)60-22-13-23-62-61(60)44-45-63(62)53-16-7-2-8-17-53/h1-24,26,28-30,32-38,40-45H,25,27,31,39H2. The van der Waals surface area contributed by atoms with Crippen molar-refractivity contribution in [1.82, 2.24) is 4.57 Å². The van der Waals surface area contributed by atoms with Gasteiger partial charge in [-0.15, -0.1) is 0 Å². The van der Waals surface area contributed by atoms with Crippen molar-refractivity contribution >= 4 is 44.9 Å². The fourth-order valence-electron chi connectivity index (χ4n) is 9.59. The Morgan fingerprint density at radius 1 is 0.308 bits per heavy atom. The van der Waals surface area contributed by atoms with Crippen LogP contribution in [0, 0.1) is 0 Å². The van der Waals surface area contributed by atoms with E-state index in [4.69, 9.17) is 0 Å². The molecule has 312 valence electrons. The Morgan fingerprint density at radius 3 is 1.35 bits per heavy atom. The van der Waals surface area contributed by atoms with Crippen LogP contribution < -0.4 is 9.80 Å². The van der Waals surface area contributed by atoms with E-state index in [9.17, 15) is 0 Å². The SMILES string of the molecule is C1=C(C2=CC=C(N(c3ccccc3)c3ccc(-c4ccccc4)cc3)CC2)CCC(c2ccc(N(c3ccccc3)c3ccc(-c4cccc5c4ccn5-c4ccccc4)cc3)cc2)=C1. The average Bonchev–Trinajstić information content (AvgIpc) is 3.84. The molecule has 1 aromatic heterocycles. The number of allylic oxidation sites excluding steroid dienone is 8. The topological polar surface area (TPSA) is 11.4 Å². The summed E-state index contributed by atoms with van der Waals surface area (Å²) in [5, 5.41) is 1.24. The first-order chi connectivity index (χ1) is 32.2. The summed E-state index contributed by atoms with van der Waals surface area (Å²) in [7, 11) is 0. The van der Waals surface area contributed by atoms with E-state index in [-0.39, 0.29) is 0 Å². The molecule has 0 amide bonds. The molecule has 0 atom stereocenters. The van der Waals surface area contributed by atoms with Crippen LogP contribution in [-0.2, 0) is 0 Å². The molecule has 0 unspecified atom stereocenters. The molecule has 0 bridgehead atoms. The van der Waals surface area contributed by atoms with Gasteiger partial charge in [0.15, 0.2) is 0 Å². The van der Waals surface area contributed by atoms with Crippen LogP contribution in [0.15, 0.2) is 266 Å². The van der Waals surface area contributed by atoms with Gasteiger partial charge in [-0.25, -0.2) is 0 Å².